The van der Waals surface area contributed by atoms with Crippen LogP contribution < -0.4 is 5.32 Å². The highest BCUT2D eigenvalue weighted by molar-refractivity contribution is 14.0. The molecule has 6 nitrogen and oxygen atoms in total. The fraction of sp³-hybridized carbons (Fsp3) is 0.889. The average Bonchev–Trinajstić information content (AvgIpc) is 2.90. The second kappa shape index (κ2) is 11.9. The van der Waals surface area contributed by atoms with E-state index in [1.54, 1.807) is 0 Å². The lowest BCUT2D eigenvalue weighted by Gasteiger charge is -2.30. The van der Waals surface area contributed by atoms with E-state index in [0.29, 0.717) is 18.6 Å². The Bertz CT molecular complexity index is 421. The van der Waals surface area contributed by atoms with Crippen molar-refractivity contribution in [2.75, 3.05) is 39.8 Å². The number of carbonyl (C=O) groups excluding carboxylic acids is 1. The smallest absolute Gasteiger partial charge is 0.310 e. The summed E-state index contributed by atoms with van der Waals surface area (Å²) in [5.41, 5.74) is 0. The second-order valence-electron chi connectivity index (χ2n) is 7.17. The standard InChI is InChI=1S/C18H36N4O2.HI/c1-8-19-18(20-9-10-22(13(2)3)14(4)5)21-11-15(6)16(12-21)17(23)24-7;/h13-16H,8-12H2,1-7H3,(H,19,20);1H. The average molecular weight is 468 g/mol. The van der Waals surface area contributed by atoms with Crippen molar-refractivity contribution in [1.29, 1.82) is 0 Å². The molecule has 2 atom stereocenters. The van der Waals surface area contributed by atoms with Gasteiger partial charge in [0.2, 0.25) is 0 Å². The number of nitrogens with one attached hydrogen (secondary N) is 1. The van der Waals surface area contributed by atoms with Crippen molar-refractivity contribution in [2.24, 2.45) is 16.8 Å². The summed E-state index contributed by atoms with van der Waals surface area (Å²) in [5, 5.41) is 3.36. The van der Waals surface area contributed by atoms with Gasteiger partial charge >= 0.3 is 5.97 Å². The fourth-order valence-corrected chi connectivity index (χ4v) is 3.41. The molecule has 0 aromatic rings. The topological polar surface area (TPSA) is 57.2 Å². The Kier molecular flexibility index (Phi) is 11.7. The number of methoxy groups -OCH3 is 1. The maximum absolute atomic E-state index is 11.9. The van der Waals surface area contributed by atoms with E-state index < -0.39 is 0 Å². The lowest BCUT2D eigenvalue weighted by Crippen LogP contribution is -2.42. The number of guanidine groups is 1. The molecule has 1 aliphatic heterocycles. The van der Waals surface area contributed by atoms with Crippen LogP contribution >= 0.6 is 24.0 Å². The number of hydrogen-bond donors (Lipinski definition) is 1. The van der Waals surface area contributed by atoms with Crippen molar-refractivity contribution in [1.82, 2.24) is 15.1 Å². The summed E-state index contributed by atoms with van der Waals surface area (Å²) in [6, 6.07) is 1.02. The molecule has 1 heterocycles. The SMILES string of the molecule is CCNC(=NCCN(C(C)C)C(C)C)N1CC(C)C(C(=O)OC)C1.I. The molecule has 0 amide bonds. The first-order chi connectivity index (χ1) is 11.3. The lowest BCUT2D eigenvalue weighted by atomic mass is 9.99. The summed E-state index contributed by atoms with van der Waals surface area (Å²) >= 11 is 0. The summed E-state index contributed by atoms with van der Waals surface area (Å²) < 4.78 is 4.93. The molecule has 0 spiro atoms. The molecule has 0 bridgehead atoms. The number of likely N-dealkylation sites (tertiary alicyclic amines) is 1. The van der Waals surface area contributed by atoms with Gasteiger partial charge in [-0.15, -0.1) is 24.0 Å². The Hall–Kier alpha value is -0.570. The molecule has 0 aromatic heterocycles. The molecule has 25 heavy (non-hydrogen) atoms. The third kappa shape index (κ3) is 7.29. The van der Waals surface area contributed by atoms with Crippen LogP contribution in [-0.4, -0.2) is 73.6 Å². The number of halogens is 1. The highest BCUT2D eigenvalue weighted by Gasteiger charge is 2.36. The van der Waals surface area contributed by atoms with Crippen molar-refractivity contribution < 1.29 is 9.53 Å². The van der Waals surface area contributed by atoms with Crippen LogP contribution in [0.1, 0.15) is 41.5 Å². The second-order valence-corrected chi connectivity index (χ2v) is 7.17. The zero-order chi connectivity index (χ0) is 18.3. The molecular weight excluding hydrogens is 431 g/mol. The van der Waals surface area contributed by atoms with Crippen LogP contribution in [-0.2, 0) is 9.53 Å². The first kappa shape index (κ1) is 24.4. The molecule has 7 heteroatoms. The quantitative estimate of drug-likeness (QED) is 0.269. The Labute approximate surface area is 170 Å². The Morgan fingerprint density at radius 3 is 2.36 bits per heavy atom. The van der Waals surface area contributed by atoms with Gasteiger partial charge in [-0.05, 0) is 40.5 Å². The summed E-state index contributed by atoms with van der Waals surface area (Å²) in [6.07, 6.45) is 0. The predicted molar refractivity (Wildman–Crippen MR) is 115 cm³/mol. The predicted octanol–water partition coefficient (Wildman–Crippen LogP) is 2.43. The molecule has 2 unspecified atom stereocenters. The minimum absolute atomic E-state index is 0. The van der Waals surface area contributed by atoms with E-state index in [4.69, 9.17) is 9.73 Å². The maximum Gasteiger partial charge on any atom is 0.310 e. The van der Waals surface area contributed by atoms with Crippen molar-refractivity contribution in [3.63, 3.8) is 0 Å². The fourth-order valence-electron chi connectivity index (χ4n) is 3.41. The Morgan fingerprint density at radius 2 is 1.88 bits per heavy atom. The zero-order valence-corrected chi connectivity index (χ0v) is 19.2. The normalized spacial score (nSPS) is 21.0. The van der Waals surface area contributed by atoms with Crippen LogP contribution in [0.5, 0.6) is 0 Å². The number of aliphatic imine (C=N–C) groups is 1. The Morgan fingerprint density at radius 1 is 1.28 bits per heavy atom. The van der Waals surface area contributed by atoms with Gasteiger partial charge in [-0.3, -0.25) is 14.7 Å². The van der Waals surface area contributed by atoms with Gasteiger partial charge < -0.3 is 15.0 Å². The summed E-state index contributed by atoms with van der Waals surface area (Å²) in [6.45, 7) is 17.1. The monoisotopic (exact) mass is 468 g/mol. The van der Waals surface area contributed by atoms with Crippen LogP contribution in [0.15, 0.2) is 4.99 Å². The molecule has 1 rings (SSSR count). The van der Waals surface area contributed by atoms with Crippen LogP contribution in [0.3, 0.4) is 0 Å². The summed E-state index contributed by atoms with van der Waals surface area (Å²) in [4.78, 5) is 21.3. The number of rotatable bonds is 7. The van der Waals surface area contributed by atoms with Crippen molar-refractivity contribution in [3.05, 3.63) is 0 Å². The molecule has 0 radical (unpaired) electrons. The van der Waals surface area contributed by atoms with Crippen molar-refractivity contribution in [3.8, 4) is 0 Å². The number of nitrogens with zero attached hydrogens (tertiary/aromatic N) is 3. The molecular formula is C18H37IN4O2. The van der Waals surface area contributed by atoms with Gasteiger partial charge in [-0.2, -0.15) is 0 Å². The van der Waals surface area contributed by atoms with Gasteiger partial charge in [-0.1, -0.05) is 6.92 Å². The first-order valence-corrected chi connectivity index (χ1v) is 9.18. The number of esters is 1. The van der Waals surface area contributed by atoms with Crippen LogP contribution in [0.25, 0.3) is 0 Å². The van der Waals surface area contributed by atoms with Gasteiger partial charge in [0.1, 0.15) is 0 Å². The van der Waals surface area contributed by atoms with Gasteiger partial charge in [-0.25, -0.2) is 0 Å². The summed E-state index contributed by atoms with van der Waals surface area (Å²) in [7, 11) is 1.46. The van der Waals surface area contributed by atoms with Crippen LogP contribution in [0, 0.1) is 11.8 Å². The first-order valence-electron chi connectivity index (χ1n) is 9.18. The number of hydrogen-bond acceptors (Lipinski definition) is 4. The number of ether oxygens (including phenoxy) is 1. The zero-order valence-electron chi connectivity index (χ0n) is 16.9. The lowest BCUT2D eigenvalue weighted by molar-refractivity contribution is -0.145. The van der Waals surface area contributed by atoms with Gasteiger partial charge in [0, 0.05) is 38.3 Å². The van der Waals surface area contributed by atoms with Crippen LogP contribution in [0.4, 0.5) is 0 Å². The highest BCUT2D eigenvalue weighted by atomic mass is 127. The van der Waals surface area contributed by atoms with Gasteiger partial charge in [0.05, 0.1) is 19.6 Å². The van der Waals surface area contributed by atoms with Crippen molar-refractivity contribution >= 4 is 35.9 Å². The van der Waals surface area contributed by atoms with Crippen molar-refractivity contribution in [2.45, 2.75) is 53.6 Å². The van der Waals surface area contributed by atoms with Crippen LogP contribution in [0.2, 0.25) is 0 Å². The van der Waals surface area contributed by atoms with Gasteiger partial charge in [0.25, 0.3) is 0 Å². The van der Waals surface area contributed by atoms with E-state index in [-0.39, 0.29) is 41.8 Å². The molecule has 0 aromatic carbocycles. The van der Waals surface area contributed by atoms with E-state index in [1.165, 1.54) is 7.11 Å². The summed E-state index contributed by atoms with van der Waals surface area (Å²) in [5.74, 6) is 1.00. The molecule has 1 N–H and O–H groups in total. The molecule has 1 aliphatic rings. The number of carbonyl (C=O) groups is 1. The molecule has 0 aliphatic carbocycles. The van der Waals surface area contributed by atoms with Gasteiger partial charge in [0.15, 0.2) is 5.96 Å². The van der Waals surface area contributed by atoms with E-state index in [1.807, 2.05) is 0 Å². The third-order valence-electron chi connectivity index (χ3n) is 4.70. The molecule has 1 fully saturated rings. The minimum atomic E-state index is -0.119. The van der Waals surface area contributed by atoms with E-state index >= 15 is 0 Å². The largest absolute Gasteiger partial charge is 0.469 e. The van der Waals surface area contributed by atoms with E-state index in [9.17, 15) is 4.79 Å². The molecule has 148 valence electrons. The van der Waals surface area contributed by atoms with E-state index in [2.05, 4.69) is 56.7 Å². The molecule has 1 saturated heterocycles. The Balaban J connectivity index is 0.00000576. The third-order valence-corrected chi connectivity index (χ3v) is 4.70. The maximum atomic E-state index is 11.9. The molecule has 0 saturated carbocycles. The minimum Gasteiger partial charge on any atom is -0.469 e. The van der Waals surface area contributed by atoms with E-state index in [0.717, 1.165) is 32.1 Å². The highest BCUT2D eigenvalue weighted by Crippen LogP contribution is 2.24.